The van der Waals surface area contributed by atoms with Gasteiger partial charge in [-0.2, -0.15) is 9.97 Å². The minimum absolute atomic E-state index is 0.0186. The van der Waals surface area contributed by atoms with E-state index in [0.29, 0.717) is 37.1 Å². The number of primary sulfonamides is 1. The molecule has 0 saturated heterocycles. The second-order valence-corrected chi connectivity index (χ2v) is 9.53. The molecule has 0 bridgehead atoms. The largest absolute Gasteiger partial charge is 0.478 e. The predicted octanol–water partition coefficient (Wildman–Crippen LogP) is 1.62. The van der Waals surface area contributed by atoms with Crippen molar-refractivity contribution in [3.63, 3.8) is 0 Å². The maximum Gasteiger partial charge on any atom is 0.226 e. The fourth-order valence-electron chi connectivity index (χ4n) is 3.11. The molecule has 0 radical (unpaired) electrons. The Labute approximate surface area is 183 Å². The second-order valence-electron chi connectivity index (χ2n) is 7.92. The highest BCUT2D eigenvalue weighted by Gasteiger charge is 2.18. The summed E-state index contributed by atoms with van der Waals surface area (Å²) in [6.45, 7) is 8.43. The van der Waals surface area contributed by atoms with Crippen molar-refractivity contribution in [2.75, 3.05) is 18.5 Å². The van der Waals surface area contributed by atoms with Crippen molar-refractivity contribution >= 4 is 16.0 Å². The lowest BCUT2D eigenvalue weighted by Gasteiger charge is -2.19. The maximum atomic E-state index is 11.6. The molecule has 2 atom stereocenters. The number of rotatable bonds is 12. The molecule has 2 aromatic heterocycles. The van der Waals surface area contributed by atoms with Gasteiger partial charge in [0.15, 0.2) is 5.82 Å². The Hall–Kier alpha value is -2.37. The maximum absolute atomic E-state index is 11.6. The number of pyridine rings is 1. The van der Waals surface area contributed by atoms with Crippen LogP contribution in [0.2, 0.25) is 0 Å². The standard InChI is InChI=1S/C20H32N6O4S/c1-5-30-19-7-6-15(10-22-19)14(4)9-17-24-18(12-31(21,28)29)26-20(25-17)23-16(11-27)8-13(2)3/h6-7,10,13-14,16,27H,5,8-9,11-12H2,1-4H3,(H2,21,28,29)(H,23,24,25,26)/t14-,16-/m1/s1. The van der Waals surface area contributed by atoms with E-state index in [-0.39, 0.29) is 30.3 Å². The number of aromatic nitrogens is 4. The number of nitrogens with two attached hydrogens (primary N) is 1. The van der Waals surface area contributed by atoms with Gasteiger partial charge in [0.2, 0.25) is 21.9 Å². The molecule has 0 unspecified atom stereocenters. The van der Waals surface area contributed by atoms with E-state index in [0.717, 1.165) is 5.56 Å². The molecule has 2 rings (SSSR count). The molecule has 2 heterocycles. The fourth-order valence-corrected chi connectivity index (χ4v) is 3.60. The van der Waals surface area contributed by atoms with Crippen molar-refractivity contribution < 1.29 is 18.3 Å². The number of anilines is 1. The van der Waals surface area contributed by atoms with Gasteiger partial charge in [0.1, 0.15) is 11.6 Å². The van der Waals surface area contributed by atoms with Crippen molar-refractivity contribution in [2.45, 2.75) is 58.2 Å². The third-order valence-corrected chi connectivity index (χ3v) is 5.14. The Kier molecular flexibility index (Phi) is 9.08. The number of ether oxygens (including phenoxy) is 1. The van der Waals surface area contributed by atoms with Gasteiger partial charge in [-0.3, -0.25) is 0 Å². The highest BCUT2D eigenvalue weighted by molar-refractivity contribution is 7.88. The number of aliphatic hydroxyl groups excluding tert-OH is 1. The smallest absolute Gasteiger partial charge is 0.226 e. The van der Waals surface area contributed by atoms with Crippen molar-refractivity contribution in [3.05, 3.63) is 35.5 Å². The molecule has 0 saturated carbocycles. The molecule has 0 amide bonds. The fraction of sp³-hybridized carbons (Fsp3) is 0.600. The summed E-state index contributed by atoms with van der Waals surface area (Å²) in [6.07, 6.45) is 2.89. The first kappa shape index (κ1) is 24.9. The molecule has 31 heavy (non-hydrogen) atoms. The van der Waals surface area contributed by atoms with E-state index < -0.39 is 15.8 Å². The first-order chi connectivity index (χ1) is 14.6. The molecule has 2 aromatic rings. The summed E-state index contributed by atoms with van der Waals surface area (Å²) < 4.78 is 28.5. The molecule has 0 aliphatic heterocycles. The van der Waals surface area contributed by atoms with Crippen LogP contribution in [0.1, 0.15) is 57.2 Å². The van der Waals surface area contributed by atoms with Gasteiger partial charge in [-0.25, -0.2) is 23.5 Å². The SMILES string of the molecule is CCOc1ccc([C@H](C)Cc2nc(CS(N)(=O)=O)nc(N[C@@H](CO)CC(C)C)n2)cn1. The van der Waals surface area contributed by atoms with Crippen molar-refractivity contribution in [3.8, 4) is 5.88 Å². The van der Waals surface area contributed by atoms with Crippen molar-refractivity contribution in [1.29, 1.82) is 0 Å². The summed E-state index contributed by atoms with van der Waals surface area (Å²) >= 11 is 0. The summed E-state index contributed by atoms with van der Waals surface area (Å²) in [4.78, 5) is 17.2. The highest BCUT2D eigenvalue weighted by Crippen LogP contribution is 2.21. The summed E-state index contributed by atoms with van der Waals surface area (Å²) in [5.74, 6) is 1.14. The van der Waals surface area contributed by atoms with E-state index in [1.807, 2.05) is 33.8 Å². The first-order valence-electron chi connectivity index (χ1n) is 10.3. The molecule has 0 fully saturated rings. The molecule has 0 spiro atoms. The highest BCUT2D eigenvalue weighted by atomic mass is 32.2. The molecule has 0 aromatic carbocycles. The summed E-state index contributed by atoms with van der Waals surface area (Å²) in [6, 6.07) is 3.48. The van der Waals surface area contributed by atoms with E-state index in [2.05, 4.69) is 25.3 Å². The van der Waals surface area contributed by atoms with Gasteiger partial charge < -0.3 is 15.2 Å². The van der Waals surface area contributed by atoms with E-state index in [1.54, 1.807) is 12.3 Å². The van der Waals surface area contributed by atoms with Crippen LogP contribution >= 0.6 is 0 Å². The Morgan fingerprint density at radius 3 is 2.42 bits per heavy atom. The molecule has 0 aliphatic carbocycles. The van der Waals surface area contributed by atoms with Crippen LogP contribution in [0.4, 0.5) is 5.95 Å². The second kappa shape index (κ2) is 11.3. The van der Waals surface area contributed by atoms with Crippen molar-refractivity contribution in [1.82, 2.24) is 19.9 Å². The quantitative estimate of drug-likeness (QED) is 0.436. The van der Waals surface area contributed by atoms with Crippen LogP contribution in [0.3, 0.4) is 0 Å². The first-order valence-corrected chi connectivity index (χ1v) is 12.0. The van der Waals surface area contributed by atoms with Gasteiger partial charge in [0.25, 0.3) is 0 Å². The normalized spacial score (nSPS) is 13.8. The number of hydrogen-bond donors (Lipinski definition) is 3. The minimum Gasteiger partial charge on any atom is -0.478 e. The van der Waals surface area contributed by atoms with Crippen LogP contribution in [0.5, 0.6) is 5.88 Å². The zero-order chi connectivity index (χ0) is 23.0. The van der Waals surface area contributed by atoms with Gasteiger partial charge in [0, 0.05) is 18.7 Å². The molecule has 4 N–H and O–H groups in total. The average molecular weight is 453 g/mol. The van der Waals surface area contributed by atoms with E-state index in [1.165, 1.54) is 0 Å². The van der Waals surface area contributed by atoms with Crippen LogP contribution < -0.4 is 15.2 Å². The monoisotopic (exact) mass is 452 g/mol. The Morgan fingerprint density at radius 1 is 1.16 bits per heavy atom. The third-order valence-electron chi connectivity index (χ3n) is 4.48. The van der Waals surface area contributed by atoms with Crippen molar-refractivity contribution in [2.24, 2.45) is 11.1 Å². The van der Waals surface area contributed by atoms with Gasteiger partial charge in [-0.15, -0.1) is 0 Å². The number of aliphatic hydroxyl groups is 1. The lowest BCUT2D eigenvalue weighted by atomic mass is 9.99. The molecule has 0 aliphatic rings. The van der Waals surface area contributed by atoms with E-state index in [9.17, 15) is 13.5 Å². The van der Waals surface area contributed by atoms with Crippen LogP contribution in [-0.4, -0.2) is 52.7 Å². The lowest BCUT2D eigenvalue weighted by molar-refractivity contribution is 0.259. The molecule has 11 heteroatoms. The Balaban J connectivity index is 2.26. The number of sulfonamides is 1. The molecular weight excluding hydrogens is 420 g/mol. The molecule has 10 nitrogen and oxygen atoms in total. The summed E-state index contributed by atoms with van der Waals surface area (Å²) in [5.41, 5.74) is 0.972. The van der Waals surface area contributed by atoms with Gasteiger partial charge in [0.05, 0.1) is 19.3 Å². The van der Waals surface area contributed by atoms with E-state index in [4.69, 9.17) is 9.88 Å². The van der Waals surface area contributed by atoms with Crippen LogP contribution in [-0.2, 0) is 22.2 Å². The Morgan fingerprint density at radius 2 is 1.87 bits per heavy atom. The topological polar surface area (TPSA) is 153 Å². The van der Waals surface area contributed by atoms with Crippen LogP contribution in [0.25, 0.3) is 0 Å². The van der Waals surface area contributed by atoms with Gasteiger partial charge in [-0.05, 0) is 30.7 Å². The molecular formula is C20H32N6O4S. The van der Waals surface area contributed by atoms with Gasteiger partial charge >= 0.3 is 0 Å². The average Bonchev–Trinajstić information content (AvgIpc) is 2.66. The predicted molar refractivity (Wildman–Crippen MR) is 118 cm³/mol. The number of nitrogens with one attached hydrogen (secondary N) is 1. The van der Waals surface area contributed by atoms with E-state index >= 15 is 0 Å². The summed E-state index contributed by atoms with van der Waals surface area (Å²) in [5, 5.41) is 17.9. The zero-order valence-electron chi connectivity index (χ0n) is 18.4. The minimum atomic E-state index is -3.81. The number of nitrogens with zero attached hydrogens (tertiary/aromatic N) is 4. The van der Waals surface area contributed by atoms with Gasteiger partial charge in [-0.1, -0.05) is 26.8 Å². The summed E-state index contributed by atoms with van der Waals surface area (Å²) in [7, 11) is -3.81. The number of hydrogen-bond acceptors (Lipinski definition) is 9. The lowest BCUT2D eigenvalue weighted by Crippen LogP contribution is -2.28. The third kappa shape index (κ3) is 8.72. The Bertz CT molecular complexity index is 937. The van der Waals surface area contributed by atoms with Crippen LogP contribution in [0, 0.1) is 5.92 Å². The van der Waals surface area contributed by atoms with Crippen LogP contribution in [0.15, 0.2) is 18.3 Å². The zero-order valence-corrected chi connectivity index (χ0v) is 19.3. The molecule has 172 valence electrons.